The first-order valence-corrected chi connectivity index (χ1v) is 9.07. The Balaban J connectivity index is 1.69. The molecule has 3 heterocycles. The molecule has 2 aromatic rings. The summed E-state index contributed by atoms with van der Waals surface area (Å²) in [5, 5.41) is 2.62. The van der Waals surface area contributed by atoms with E-state index in [1.165, 1.54) is 21.9 Å². The summed E-state index contributed by atoms with van der Waals surface area (Å²) in [6, 6.07) is 9.73. The fourth-order valence-electron chi connectivity index (χ4n) is 2.77. The molecule has 2 atom stereocenters. The van der Waals surface area contributed by atoms with Crippen LogP contribution < -0.4 is 4.90 Å². The lowest BCUT2D eigenvalue weighted by Gasteiger charge is -2.24. The fraction of sp³-hybridized carbons (Fsp3) is 0.200. The number of thiophene rings is 1. The van der Waals surface area contributed by atoms with Gasteiger partial charge in [-0.2, -0.15) is 0 Å². The van der Waals surface area contributed by atoms with E-state index < -0.39 is 0 Å². The van der Waals surface area contributed by atoms with Gasteiger partial charge in [-0.25, -0.2) is 4.39 Å². The SMILES string of the molecule is O=C1[C@@H]2CS[C@@H](c3cccs3)N2C(=S)N1c1ccc(F)cc1. The normalized spacial score (nSPS) is 24.2. The first-order valence-electron chi connectivity index (χ1n) is 6.73. The second-order valence-corrected chi connectivity index (χ2v) is 7.51. The highest BCUT2D eigenvalue weighted by Gasteiger charge is 2.51. The number of amides is 1. The van der Waals surface area contributed by atoms with Gasteiger partial charge in [0.1, 0.15) is 17.2 Å². The van der Waals surface area contributed by atoms with E-state index in [1.54, 1.807) is 35.2 Å². The zero-order chi connectivity index (χ0) is 15.3. The second-order valence-electron chi connectivity index (χ2n) is 5.06. The lowest BCUT2D eigenvalue weighted by atomic mass is 10.2. The number of carbonyl (C=O) groups is 1. The molecule has 2 aliphatic heterocycles. The van der Waals surface area contributed by atoms with Gasteiger partial charge in [0.2, 0.25) is 0 Å². The van der Waals surface area contributed by atoms with Crippen molar-refractivity contribution in [2.45, 2.75) is 11.4 Å². The molecule has 0 unspecified atom stereocenters. The molecule has 0 N–H and O–H groups in total. The molecule has 112 valence electrons. The summed E-state index contributed by atoms with van der Waals surface area (Å²) in [7, 11) is 0. The molecule has 2 aliphatic rings. The van der Waals surface area contributed by atoms with Gasteiger partial charge in [-0.15, -0.1) is 23.1 Å². The Morgan fingerprint density at radius 2 is 2.00 bits per heavy atom. The summed E-state index contributed by atoms with van der Waals surface area (Å²) in [5.74, 6) is 0.371. The number of hydrogen-bond acceptors (Lipinski definition) is 4. The number of halogens is 1. The first kappa shape index (κ1) is 14.2. The average molecular weight is 350 g/mol. The van der Waals surface area contributed by atoms with Crippen LogP contribution in [0, 0.1) is 5.82 Å². The van der Waals surface area contributed by atoms with E-state index in [0.29, 0.717) is 10.8 Å². The maximum absolute atomic E-state index is 13.1. The van der Waals surface area contributed by atoms with E-state index >= 15 is 0 Å². The van der Waals surface area contributed by atoms with E-state index in [1.807, 2.05) is 16.3 Å². The Morgan fingerprint density at radius 3 is 2.68 bits per heavy atom. The standard InChI is InChI=1S/C15H11FN2OS3/c16-9-3-5-10(6-4-9)17-13(19)11-8-22-14(18(11)15(17)20)12-2-1-7-21-12/h1-7,11,14H,8H2/t11-,14-/m0/s1. The Kier molecular flexibility index (Phi) is 3.43. The number of thiocarbonyl (C=S) groups is 1. The number of anilines is 1. The molecule has 1 aromatic carbocycles. The monoisotopic (exact) mass is 350 g/mol. The number of benzene rings is 1. The summed E-state index contributed by atoms with van der Waals surface area (Å²) in [5.41, 5.74) is 0.626. The van der Waals surface area contributed by atoms with Crippen LogP contribution >= 0.6 is 35.3 Å². The van der Waals surface area contributed by atoms with Gasteiger partial charge in [0.25, 0.3) is 5.91 Å². The van der Waals surface area contributed by atoms with E-state index in [0.717, 1.165) is 5.75 Å². The van der Waals surface area contributed by atoms with Crippen LogP contribution in [0.1, 0.15) is 10.3 Å². The summed E-state index contributed by atoms with van der Waals surface area (Å²) in [4.78, 5) is 17.4. The van der Waals surface area contributed by atoms with Crippen LogP contribution in [0.5, 0.6) is 0 Å². The smallest absolute Gasteiger partial charge is 0.257 e. The molecule has 0 spiro atoms. The maximum Gasteiger partial charge on any atom is 0.257 e. The minimum absolute atomic E-state index is 0.0248. The highest BCUT2D eigenvalue weighted by molar-refractivity contribution is 8.00. The largest absolute Gasteiger partial charge is 0.319 e. The molecule has 22 heavy (non-hydrogen) atoms. The van der Waals surface area contributed by atoms with E-state index in [-0.39, 0.29) is 23.1 Å². The molecule has 0 aliphatic carbocycles. The lowest BCUT2D eigenvalue weighted by molar-refractivity contribution is -0.119. The molecule has 0 radical (unpaired) electrons. The molecule has 3 nitrogen and oxygen atoms in total. The molecule has 2 fully saturated rings. The van der Waals surface area contributed by atoms with Crippen LogP contribution in [0.25, 0.3) is 0 Å². The average Bonchev–Trinajstić information content (AvgIpc) is 3.21. The molecule has 4 rings (SSSR count). The van der Waals surface area contributed by atoms with Crippen LogP contribution in [0.2, 0.25) is 0 Å². The minimum atomic E-state index is -0.325. The minimum Gasteiger partial charge on any atom is -0.319 e. The number of carbonyl (C=O) groups excluding carboxylic acids is 1. The predicted octanol–water partition coefficient (Wildman–Crippen LogP) is 3.63. The first-order chi connectivity index (χ1) is 10.7. The van der Waals surface area contributed by atoms with Crippen LogP contribution in [0.15, 0.2) is 41.8 Å². The van der Waals surface area contributed by atoms with Crippen LogP contribution in [0.4, 0.5) is 10.1 Å². The number of thioether (sulfide) groups is 1. The van der Waals surface area contributed by atoms with Gasteiger partial charge in [-0.3, -0.25) is 9.69 Å². The van der Waals surface area contributed by atoms with Crippen molar-refractivity contribution >= 4 is 52.0 Å². The van der Waals surface area contributed by atoms with Gasteiger partial charge < -0.3 is 4.90 Å². The highest BCUT2D eigenvalue weighted by Crippen LogP contribution is 2.47. The zero-order valence-corrected chi connectivity index (χ0v) is 13.8. The molecular formula is C15H11FN2OS3. The molecule has 0 bridgehead atoms. The van der Waals surface area contributed by atoms with Gasteiger partial charge >= 0.3 is 0 Å². The van der Waals surface area contributed by atoms with Gasteiger partial charge in [0.15, 0.2) is 5.11 Å². The Bertz CT molecular complexity index is 732. The third kappa shape index (κ3) is 2.07. The van der Waals surface area contributed by atoms with Crippen LogP contribution in [-0.4, -0.2) is 27.7 Å². The highest BCUT2D eigenvalue weighted by atomic mass is 32.2. The second kappa shape index (κ2) is 5.33. The van der Waals surface area contributed by atoms with Gasteiger partial charge in [0, 0.05) is 10.6 Å². The molecular weight excluding hydrogens is 339 g/mol. The van der Waals surface area contributed by atoms with Gasteiger partial charge in [-0.05, 0) is 47.9 Å². The van der Waals surface area contributed by atoms with Crippen molar-refractivity contribution in [1.82, 2.24) is 4.90 Å². The number of nitrogens with zero attached hydrogens (tertiary/aromatic N) is 2. The molecule has 2 saturated heterocycles. The molecule has 1 aromatic heterocycles. The number of hydrogen-bond donors (Lipinski definition) is 0. The molecule has 0 saturated carbocycles. The van der Waals surface area contributed by atoms with Gasteiger partial charge in [-0.1, -0.05) is 6.07 Å². The third-order valence-electron chi connectivity index (χ3n) is 3.79. The maximum atomic E-state index is 13.1. The number of rotatable bonds is 2. The summed E-state index contributed by atoms with van der Waals surface area (Å²) >= 11 is 8.96. The summed E-state index contributed by atoms with van der Waals surface area (Å²) in [6.07, 6.45) is 0. The van der Waals surface area contributed by atoms with E-state index in [9.17, 15) is 9.18 Å². The molecule has 7 heteroatoms. The van der Waals surface area contributed by atoms with Crippen molar-refractivity contribution in [3.8, 4) is 0 Å². The third-order valence-corrected chi connectivity index (χ3v) is 6.56. The molecule has 1 amide bonds. The van der Waals surface area contributed by atoms with Crippen molar-refractivity contribution in [1.29, 1.82) is 0 Å². The Morgan fingerprint density at radius 1 is 1.23 bits per heavy atom. The van der Waals surface area contributed by atoms with Crippen LogP contribution in [-0.2, 0) is 4.79 Å². The van der Waals surface area contributed by atoms with Crippen molar-refractivity contribution in [2.75, 3.05) is 10.7 Å². The van der Waals surface area contributed by atoms with Gasteiger partial charge in [0.05, 0.1) is 5.69 Å². The topological polar surface area (TPSA) is 23.6 Å². The Labute approximate surface area is 140 Å². The van der Waals surface area contributed by atoms with Crippen molar-refractivity contribution in [3.63, 3.8) is 0 Å². The predicted molar refractivity (Wildman–Crippen MR) is 91.6 cm³/mol. The van der Waals surface area contributed by atoms with Crippen LogP contribution in [0.3, 0.4) is 0 Å². The Hall–Kier alpha value is -1.44. The quantitative estimate of drug-likeness (QED) is 0.772. The zero-order valence-electron chi connectivity index (χ0n) is 11.3. The summed E-state index contributed by atoms with van der Waals surface area (Å²) in [6.45, 7) is 0. The van der Waals surface area contributed by atoms with E-state index in [2.05, 4.69) is 6.07 Å². The van der Waals surface area contributed by atoms with Crippen molar-refractivity contribution < 1.29 is 9.18 Å². The van der Waals surface area contributed by atoms with Crippen molar-refractivity contribution in [2.24, 2.45) is 0 Å². The number of fused-ring (bicyclic) bond motifs is 1. The summed E-state index contributed by atoms with van der Waals surface area (Å²) < 4.78 is 13.1. The van der Waals surface area contributed by atoms with E-state index in [4.69, 9.17) is 12.2 Å². The lowest BCUT2D eigenvalue weighted by Crippen LogP contribution is -2.33. The fourth-order valence-corrected chi connectivity index (χ4v) is 5.65. The van der Waals surface area contributed by atoms with Crippen molar-refractivity contribution in [3.05, 3.63) is 52.5 Å².